The molecule has 1 aliphatic carbocycles. The zero-order chi connectivity index (χ0) is 10.8. The number of rotatable bonds is 4. The first-order chi connectivity index (χ1) is 6.49. The van der Waals surface area contributed by atoms with Crippen LogP contribution in [0.4, 0.5) is 0 Å². The van der Waals surface area contributed by atoms with E-state index in [1.54, 1.807) is 0 Å². The molecule has 0 fully saturated rings. The average molecular weight is 192 g/mol. The highest BCUT2D eigenvalue weighted by molar-refractivity contribution is 5.98. The van der Waals surface area contributed by atoms with Gasteiger partial charge >= 0.3 is 0 Å². The van der Waals surface area contributed by atoms with E-state index < -0.39 is 0 Å². The maximum Gasteiger partial charge on any atom is 0.158 e. The smallest absolute Gasteiger partial charge is 0.158 e. The number of ketones is 1. The van der Waals surface area contributed by atoms with E-state index in [1.807, 2.05) is 13.0 Å². The van der Waals surface area contributed by atoms with Gasteiger partial charge in [0.05, 0.1) is 0 Å². The number of hydrogen-bond acceptors (Lipinski definition) is 1. The summed E-state index contributed by atoms with van der Waals surface area (Å²) in [5.41, 5.74) is 2.55. The molecule has 78 valence electrons. The summed E-state index contributed by atoms with van der Waals surface area (Å²) in [5.74, 6) is 0.340. The van der Waals surface area contributed by atoms with Crippen LogP contribution in [0.15, 0.2) is 23.8 Å². The normalized spacial score (nSPS) is 17.8. The lowest BCUT2D eigenvalue weighted by atomic mass is 9.78. The summed E-state index contributed by atoms with van der Waals surface area (Å²) in [4.78, 5) is 11.4. The first-order valence-corrected chi connectivity index (χ1v) is 5.33. The monoisotopic (exact) mass is 192 g/mol. The number of allylic oxidation sites excluding steroid dienone is 3. The summed E-state index contributed by atoms with van der Waals surface area (Å²) in [6.45, 7) is 10.2. The molecule has 0 saturated heterocycles. The van der Waals surface area contributed by atoms with Crippen LogP contribution in [0.2, 0.25) is 0 Å². The second kappa shape index (κ2) is 4.12. The average Bonchev–Trinajstić information content (AvgIpc) is 2.45. The van der Waals surface area contributed by atoms with Crippen LogP contribution >= 0.6 is 0 Å². The first-order valence-electron chi connectivity index (χ1n) is 5.33. The van der Waals surface area contributed by atoms with Crippen LogP contribution in [0, 0.1) is 5.41 Å². The van der Waals surface area contributed by atoms with Gasteiger partial charge in [0.2, 0.25) is 0 Å². The summed E-state index contributed by atoms with van der Waals surface area (Å²) in [7, 11) is 0. The predicted octanol–water partition coefficient (Wildman–Crippen LogP) is 3.66. The van der Waals surface area contributed by atoms with Gasteiger partial charge in [-0.25, -0.2) is 0 Å². The quantitative estimate of drug-likeness (QED) is 0.621. The highest BCUT2D eigenvalue weighted by Crippen LogP contribution is 2.40. The van der Waals surface area contributed by atoms with Crippen LogP contribution in [0.5, 0.6) is 0 Å². The van der Waals surface area contributed by atoms with E-state index in [2.05, 4.69) is 20.4 Å². The molecular weight excluding hydrogens is 172 g/mol. The fraction of sp³-hybridized carbons (Fsp3) is 0.615. The van der Waals surface area contributed by atoms with E-state index in [9.17, 15) is 4.79 Å². The van der Waals surface area contributed by atoms with Crippen molar-refractivity contribution < 1.29 is 4.79 Å². The molecule has 0 N–H and O–H groups in total. The molecule has 0 aromatic rings. The van der Waals surface area contributed by atoms with Crippen LogP contribution in [0.1, 0.15) is 46.5 Å². The third kappa shape index (κ3) is 2.14. The molecular formula is C13H20O. The molecule has 0 amide bonds. The van der Waals surface area contributed by atoms with Crippen LogP contribution in [-0.2, 0) is 4.79 Å². The summed E-state index contributed by atoms with van der Waals surface area (Å²) in [6, 6.07) is 0. The summed E-state index contributed by atoms with van der Waals surface area (Å²) < 4.78 is 0. The fourth-order valence-corrected chi connectivity index (χ4v) is 2.24. The lowest BCUT2D eigenvalue weighted by molar-refractivity contribution is -0.114. The third-order valence-corrected chi connectivity index (χ3v) is 3.26. The highest BCUT2D eigenvalue weighted by Gasteiger charge is 2.30. The van der Waals surface area contributed by atoms with Gasteiger partial charge in [-0.15, -0.1) is 6.58 Å². The van der Waals surface area contributed by atoms with E-state index in [-0.39, 0.29) is 5.41 Å². The van der Waals surface area contributed by atoms with E-state index in [0.29, 0.717) is 5.78 Å². The molecule has 1 aliphatic rings. The van der Waals surface area contributed by atoms with Crippen molar-refractivity contribution in [2.45, 2.75) is 46.5 Å². The minimum atomic E-state index is 0.171. The highest BCUT2D eigenvalue weighted by atomic mass is 16.1. The van der Waals surface area contributed by atoms with Crippen LogP contribution in [-0.4, -0.2) is 5.78 Å². The Morgan fingerprint density at radius 3 is 2.50 bits per heavy atom. The number of Topliss-reactive ketones (excluding diaryl/α,β-unsaturated/α-hetero) is 1. The van der Waals surface area contributed by atoms with Gasteiger partial charge in [-0.2, -0.15) is 0 Å². The number of carbonyl (C=O) groups is 1. The van der Waals surface area contributed by atoms with Crippen molar-refractivity contribution >= 4 is 5.78 Å². The van der Waals surface area contributed by atoms with E-state index in [1.165, 1.54) is 5.57 Å². The summed E-state index contributed by atoms with van der Waals surface area (Å²) >= 11 is 0. The molecule has 14 heavy (non-hydrogen) atoms. The predicted molar refractivity (Wildman–Crippen MR) is 60.2 cm³/mol. The van der Waals surface area contributed by atoms with Crippen molar-refractivity contribution in [1.82, 2.24) is 0 Å². The molecule has 1 rings (SSSR count). The maximum atomic E-state index is 11.4. The Morgan fingerprint density at radius 2 is 2.07 bits per heavy atom. The molecule has 0 aliphatic heterocycles. The van der Waals surface area contributed by atoms with Crippen molar-refractivity contribution in [1.29, 1.82) is 0 Å². The summed E-state index contributed by atoms with van der Waals surface area (Å²) in [6.07, 6.45) is 5.76. The van der Waals surface area contributed by atoms with E-state index >= 15 is 0 Å². The Labute approximate surface area is 86.9 Å². The van der Waals surface area contributed by atoms with Crippen molar-refractivity contribution in [3.63, 3.8) is 0 Å². The largest absolute Gasteiger partial charge is 0.295 e. The van der Waals surface area contributed by atoms with Crippen molar-refractivity contribution in [3.05, 3.63) is 23.8 Å². The second-order valence-electron chi connectivity index (χ2n) is 4.74. The topological polar surface area (TPSA) is 17.1 Å². The molecule has 0 heterocycles. The van der Waals surface area contributed by atoms with Gasteiger partial charge < -0.3 is 0 Å². The number of carbonyl (C=O) groups excluding carboxylic acids is 1. The Kier molecular flexibility index (Phi) is 3.30. The van der Waals surface area contributed by atoms with Crippen molar-refractivity contribution in [2.24, 2.45) is 5.41 Å². The van der Waals surface area contributed by atoms with Crippen LogP contribution in [0.25, 0.3) is 0 Å². The standard InChI is InChI=1S/C13H20O/c1-5-6-9-13(3,4)11-7-8-12(14)10(11)2/h5H,1,6-9H2,2-4H3. The van der Waals surface area contributed by atoms with E-state index in [0.717, 1.165) is 31.3 Å². The Bertz CT molecular complexity index is 282. The molecule has 0 saturated carbocycles. The Morgan fingerprint density at radius 1 is 1.43 bits per heavy atom. The lowest BCUT2D eigenvalue weighted by Gasteiger charge is -2.26. The minimum absolute atomic E-state index is 0.171. The van der Waals surface area contributed by atoms with Gasteiger partial charge in [-0.3, -0.25) is 4.79 Å². The van der Waals surface area contributed by atoms with Gasteiger partial charge in [-0.1, -0.05) is 25.5 Å². The zero-order valence-electron chi connectivity index (χ0n) is 9.52. The lowest BCUT2D eigenvalue weighted by Crippen LogP contribution is -2.14. The van der Waals surface area contributed by atoms with Crippen LogP contribution in [0.3, 0.4) is 0 Å². The van der Waals surface area contributed by atoms with Crippen LogP contribution < -0.4 is 0 Å². The Balaban J connectivity index is 2.81. The maximum absolute atomic E-state index is 11.4. The van der Waals surface area contributed by atoms with Gasteiger partial charge in [0, 0.05) is 6.42 Å². The third-order valence-electron chi connectivity index (χ3n) is 3.26. The SMILES string of the molecule is C=CCCC(C)(C)C1=C(C)C(=O)CC1. The molecule has 1 nitrogen and oxygen atoms in total. The second-order valence-corrected chi connectivity index (χ2v) is 4.74. The summed E-state index contributed by atoms with van der Waals surface area (Å²) in [5, 5.41) is 0. The van der Waals surface area contributed by atoms with E-state index in [4.69, 9.17) is 0 Å². The van der Waals surface area contributed by atoms with Gasteiger partial charge in [0.25, 0.3) is 0 Å². The van der Waals surface area contributed by atoms with Gasteiger partial charge in [0.15, 0.2) is 5.78 Å². The van der Waals surface area contributed by atoms with Crippen molar-refractivity contribution in [3.8, 4) is 0 Å². The molecule has 0 spiro atoms. The fourth-order valence-electron chi connectivity index (χ4n) is 2.24. The molecule has 0 aromatic carbocycles. The van der Waals surface area contributed by atoms with Crippen molar-refractivity contribution in [2.75, 3.05) is 0 Å². The first kappa shape index (κ1) is 11.2. The molecule has 0 bridgehead atoms. The Hall–Kier alpha value is -0.850. The minimum Gasteiger partial charge on any atom is -0.295 e. The molecule has 0 unspecified atom stereocenters. The van der Waals surface area contributed by atoms with Gasteiger partial charge in [0.1, 0.15) is 0 Å². The number of hydrogen-bond donors (Lipinski definition) is 0. The molecule has 1 heteroatoms. The molecule has 0 atom stereocenters. The molecule has 0 aromatic heterocycles. The molecule has 0 radical (unpaired) electrons. The van der Waals surface area contributed by atoms with Gasteiger partial charge in [-0.05, 0) is 37.2 Å². The zero-order valence-corrected chi connectivity index (χ0v) is 9.52.